The third kappa shape index (κ3) is 29.7. The zero-order valence-electron chi connectivity index (χ0n) is 81.6. The van der Waals surface area contributed by atoms with Crippen LogP contribution in [0.5, 0.6) is 5.75 Å². The van der Waals surface area contributed by atoms with Crippen LogP contribution in [0, 0.1) is 76.9 Å². The Labute approximate surface area is 810 Å². The molecule has 0 N–H and O–H groups in total. The van der Waals surface area contributed by atoms with Gasteiger partial charge in [-0.1, -0.05) is 301 Å². The second kappa shape index (κ2) is 50.6. The Balaban J connectivity index is 0.000000148. The molecule has 2 unspecified atom stereocenters. The number of rotatable bonds is 33. The van der Waals surface area contributed by atoms with Crippen LogP contribution < -0.4 is 4.74 Å². The van der Waals surface area contributed by atoms with Crippen molar-refractivity contribution in [2.75, 3.05) is 33.0 Å². The molecular weight excluding hydrogens is 1700 g/mol. The minimum atomic E-state index is -0.845. The number of esters is 4. The maximum absolute atomic E-state index is 13.7. The lowest BCUT2D eigenvalue weighted by Gasteiger charge is -2.28. The van der Waals surface area contributed by atoms with Gasteiger partial charge in [-0.3, -0.25) is 4.79 Å². The monoisotopic (exact) mass is 1850 g/mol. The van der Waals surface area contributed by atoms with E-state index in [9.17, 15) is 19.2 Å². The number of carbonyl (C=O) groups excluding carboxylic acids is 4. The summed E-state index contributed by atoms with van der Waals surface area (Å²) in [6.07, 6.45) is 41.4. The topological polar surface area (TPSA) is 179 Å². The number of hydrogen-bond acceptors (Lipinski definition) is 16. The van der Waals surface area contributed by atoms with Crippen molar-refractivity contribution in [3.05, 3.63) is 291 Å². The highest BCUT2D eigenvalue weighted by molar-refractivity contribution is 5.91. The summed E-state index contributed by atoms with van der Waals surface area (Å²) < 4.78 is 47.6. The summed E-state index contributed by atoms with van der Waals surface area (Å²) >= 11 is 0. The van der Waals surface area contributed by atoms with Crippen molar-refractivity contribution in [3.63, 3.8) is 0 Å². The van der Waals surface area contributed by atoms with Crippen LogP contribution in [0.3, 0.4) is 0 Å². The largest absolute Gasteiger partial charge is 0.454 e. The Morgan fingerprint density at radius 2 is 0.632 bits per heavy atom. The molecular formula is C120H150O16. The molecule has 6 aliphatic carbocycles. The summed E-state index contributed by atoms with van der Waals surface area (Å²) in [5, 5.41) is 0. The second-order valence-electron chi connectivity index (χ2n) is 42.5. The number of benzene rings is 8. The van der Waals surface area contributed by atoms with E-state index < -0.39 is 42.1 Å². The van der Waals surface area contributed by atoms with Gasteiger partial charge >= 0.3 is 23.9 Å². The van der Waals surface area contributed by atoms with E-state index in [4.69, 9.17) is 57.4 Å². The molecule has 16 heteroatoms. The maximum Gasteiger partial charge on any atom is 0.338 e. The predicted octanol–water partition coefficient (Wildman–Crippen LogP) is 26.4. The van der Waals surface area contributed by atoms with Gasteiger partial charge in [-0.05, 0) is 290 Å². The fraction of sp³-hybridized carbons (Fsp3) is 0.533. The number of hydrogen-bond donors (Lipinski definition) is 0. The SMILES string of the molecule is CC1CCC(Cc2ccc(/C=C\C(=O)OC3CO[C@@H]4[C@@H](OOC/C=C/c5ccc(CC6CCC(C)CC6)cc5)CO[C@H]34)cc2)CC1.CC1CCC(Cc2ccc(C(=O)O[C@H](c3ccccc3)[C@H](OC(=O)c3ccc(CC4CCC(C)CC4)cc3)c3ccccc3)cc2)CC1.CC1CCC(Cc2ccc(COO[C@H]3CO[C@@H]4C(C(=O)Oc5ccc(CC6CCC(C)CC6)cc5)CO[C@H]34)cc2)CC1. The first-order valence-electron chi connectivity index (χ1n) is 52.2. The second-order valence-corrected chi connectivity index (χ2v) is 42.5. The highest BCUT2D eigenvalue weighted by Crippen LogP contribution is 2.42. The molecule has 726 valence electrons. The molecule has 0 aromatic heterocycles. The van der Waals surface area contributed by atoms with Gasteiger partial charge in [0.2, 0.25) is 0 Å². The zero-order valence-corrected chi connectivity index (χ0v) is 81.6. The first-order valence-corrected chi connectivity index (χ1v) is 52.2. The Hall–Kier alpha value is -9.20. The van der Waals surface area contributed by atoms with E-state index in [1.54, 1.807) is 6.08 Å². The molecule has 4 aliphatic heterocycles. The van der Waals surface area contributed by atoms with Crippen molar-refractivity contribution in [2.24, 2.45) is 76.9 Å². The summed E-state index contributed by atoms with van der Waals surface area (Å²) in [5.41, 5.74) is 13.7. The lowest BCUT2D eigenvalue weighted by Crippen LogP contribution is -2.35. The van der Waals surface area contributed by atoms with Crippen molar-refractivity contribution >= 4 is 36.0 Å². The van der Waals surface area contributed by atoms with Gasteiger partial charge < -0.3 is 37.9 Å². The lowest BCUT2D eigenvalue weighted by atomic mass is 9.80. The molecule has 6 saturated carbocycles. The van der Waals surface area contributed by atoms with Gasteiger partial charge in [0.05, 0.1) is 37.6 Å². The summed E-state index contributed by atoms with van der Waals surface area (Å²) in [7, 11) is 0. The van der Waals surface area contributed by atoms with E-state index in [1.807, 2.05) is 109 Å². The highest BCUT2D eigenvalue weighted by atomic mass is 17.2. The molecule has 0 spiro atoms. The average Bonchev–Trinajstić information content (AvgIpc) is 1.65. The van der Waals surface area contributed by atoms with Crippen LogP contribution in [-0.2, 0) is 107 Å². The molecule has 136 heavy (non-hydrogen) atoms. The third-order valence-electron chi connectivity index (χ3n) is 31.5. The van der Waals surface area contributed by atoms with Crippen LogP contribution in [0.1, 0.15) is 290 Å². The molecule has 8 aromatic carbocycles. The number of fused-ring (bicyclic) bond motifs is 2. The minimum absolute atomic E-state index is 0.258. The van der Waals surface area contributed by atoms with Gasteiger partial charge in [-0.15, -0.1) is 0 Å². The molecule has 10 fully saturated rings. The van der Waals surface area contributed by atoms with Crippen molar-refractivity contribution in [1.29, 1.82) is 0 Å². The van der Waals surface area contributed by atoms with Gasteiger partial charge in [0.25, 0.3) is 0 Å². The molecule has 0 amide bonds. The lowest BCUT2D eigenvalue weighted by molar-refractivity contribution is -0.341. The standard InChI is InChI=1S/C44H50O4.C40H52O6.C36H48O6/c1-31-13-17-33(18-14-31)29-35-21-25-39(26-22-35)43(45)47-41(37-9-5-3-6-10-37)42(38-11-7-4-8-12-38)48-44(46)40-27-23-36(24-28-40)30-34-19-15-32(2)16-20-34;1-28-5-9-32(10-6-28)24-34-17-13-30(14-18-34)4-3-23-44-46-37-27-43-39-36(26-42-40(37)39)45-38(41)22-21-31-15-19-35(20-16-31)25-33-11-7-29(2)8-12-33;1-24-3-7-26(8-4-24)19-28-11-13-30(14-12-28)21-40-42-33-23-39-34-32(22-38-35(33)34)36(37)41-31-17-15-29(16-18-31)20-27-9-5-25(2)6-10-27/h3-12,21-28,31-34,41-42H,13-20,29-30H2,1-2H3;3-4,13-22,28-29,32-33,36-37,39-40H,5-12,23-27H2,1-2H3;11-18,24-27,32-35H,3-10,19-23H2,1-2H3/b;4-3+,22-21-;/t31?,32?,33?,34?,41-,42-;28?,29?,32?,33?,36?,37-,39+,40+;24?,25?,26?,27?,32?,33-,34+,35+/m100/s1. The van der Waals surface area contributed by atoms with Crippen molar-refractivity contribution in [1.82, 2.24) is 0 Å². The van der Waals surface area contributed by atoms with E-state index in [0.717, 1.165) is 113 Å². The van der Waals surface area contributed by atoms with Crippen LogP contribution in [0.2, 0.25) is 0 Å². The molecule has 4 saturated heterocycles. The van der Waals surface area contributed by atoms with Crippen LogP contribution in [0.25, 0.3) is 12.2 Å². The third-order valence-corrected chi connectivity index (χ3v) is 31.5. The summed E-state index contributed by atoms with van der Waals surface area (Å²) in [5.74, 6) is 8.28. The summed E-state index contributed by atoms with van der Waals surface area (Å²) in [6.45, 7) is 16.0. The molecule has 10 atom stereocenters. The van der Waals surface area contributed by atoms with Crippen LogP contribution in [-0.4, -0.2) is 99.6 Å². The molecule has 4 heterocycles. The molecule has 0 bridgehead atoms. The smallest absolute Gasteiger partial charge is 0.338 e. The van der Waals surface area contributed by atoms with Crippen molar-refractivity contribution < 1.29 is 76.6 Å². The molecule has 16 nitrogen and oxygen atoms in total. The normalized spacial score (nSPS) is 28.7. The van der Waals surface area contributed by atoms with E-state index in [0.29, 0.717) is 55.1 Å². The Morgan fingerprint density at radius 3 is 1.02 bits per heavy atom. The quantitative estimate of drug-likeness (QED) is 0.00720. The zero-order chi connectivity index (χ0) is 93.9. The van der Waals surface area contributed by atoms with Crippen LogP contribution >= 0.6 is 0 Å². The Bertz CT molecular complexity index is 4870. The fourth-order valence-electron chi connectivity index (χ4n) is 22.5. The van der Waals surface area contributed by atoms with E-state index in [-0.39, 0.29) is 55.8 Å². The van der Waals surface area contributed by atoms with Crippen molar-refractivity contribution in [3.8, 4) is 5.75 Å². The predicted molar refractivity (Wildman–Crippen MR) is 533 cm³/mol. The van der Waals surface area contributed by atoms with E-state index in [1.165, 1.54) is 206 Å². The van der Waals surface area contributed by atoms with Gasteiger partial charge in [0, 0.05) is 6.08 Å². The minimum Gasteiger partial charge on any atom is -0.454 e. The highest BCUT2D eigenvalue weighted by Gasteiger charge is 2.53. The summed E-state index contributed by atoms with van der Waals surface area (Å²) in [6, 6.07) is 68.8. The van der Waals surface area contributed by atoms with Crippen LogP contribution in [0.15, 0.2) is 218 Å². The van der Waals surface area contributed by atoms with E-state index in [2.05, 4.69) is 151 Å². The summed E-state index contributed by atoms with van der Waals surface area (Å²) in [4.78, 5) is 75.4. The fourth-order valence-corrected chi connectivity index (χ4v) is 22.5. The number of carbonyl (C=O) groups is 4. The molecule has 0 radical (unpaired) electrons. The van der Waals surface area contributed by atoms with E-state index >= 15 is 0 Å². The average molecular weight is 1850 g/mol. The first kappa shape index (κ1) is 99.8. The first-order chi connectivity index (χ1) is 66.4. The Morgan fingerprint density at radius 1 is 0.324 bits per heavy atom. The van der Waals surface area contributed by atoms with Gasteiger partial charge in [0.1, 0.15) is 61.5 Å². The molecule has 18 rings (SSSR count). The van der Waals surface area contributed by atoms with Gasteiger partial charge in [-0.2, -0.15) is 0 Å². The van der Waals surface area contributed by atoms with Gasteiger partial charge in [-0.25, -0.2) is 33.9 Å². The van der Waals surface area contributed by atoms with Crippen molar-refractivity contribution in [2.45, 2.75) is 296 Å². The van der Waals surface area contributed by atoms with Gasteiger partial charge in [0.15, 0.2) is 18.3 Å². The maximum atomic E-state index is 13.7. The van der Waals surface area contributed by atoms with Crippen LogP contribution in [0.4, 0.5) is 0 Å². The molecule has 8 aromatic rings. The Kier molecular flexibility index (Phi) is 37.1. The number of ether oxygens (including phenoxy) is 8. The molecule has 10 aliphatic rings.